The quantitative estimate of drug-likeness (QED) is 0.188. The summed E-state index contributed by atoms with van der Waals surface area (Å²) >= 11 is 0. The summed E-state index contributed by atoms with van der Waals surface area (Å²) in [7, 11) is 1.57. The third kappa shape index (κ3) is 7.43. The Morgan fingerprint density at radius 1 is 0.939 bits per heavy atom. The second-order valence-electron chi connectivity index (χ2n) is 6.90. The molecule has 0 unspecified atom stereocenters. The molecule has 0 atom stereocenters. The van der Waals surface area contributed by atoms with Gasteiger partial charge in [0.15, 0.2) is 11.5 Å². The van der Waals surface area contributed by atoms with Gasteiger partial charge in [-0.05, 0) is 53.9 Å². The number of anilines is 1. The van der Waals surface area contributed by atoms with Gasteiger partial charge < -0.3 is 19.5 Å². The molecule has 170 valence electrons. The molecule has 0 fully saturated rings. The van der Waals surface area contributed by atoms with Crippen molar-refractivity contribution in [2.24, 2.45) is 5.10 Å². The number of rotatable bonds is 11. The van der Waals surface area contributed by atoms with E-state index in [1.54, 1.807) is 31.4 Å². The van der Waals surface area contributed by atoms with E-state index in [-0.39, 0.29) is 0 Å². The van der Waals surface area contributed by atoms with Crippen molar-refractivity contribution in [2.45, 2.75) is 6.42 Å². The lowest BCUT2D eigenvalue weighted by atomic mass is 10.1. The second kappa shape index (κ2) is 12.6. The van der Waals surface area contributed by atoms with Crippen LogP contribution in [0.5, 0.6) is 17.2 Å². The molecule has 0 aliphatic heterocycles. The maximum Gasteiger partial charge on any atom is 0.339 e. The number of carbonyl (C=O) groups excluding carboxylic acids is 1. The molecule has 3 aromatic carbocycles. The summed E-state index contributed by atoms with van der Waals surface area (Å²) < 4.78 is 17.1. The van der Waals surface area contributed by atoms with Crippen molar-refractivity contribution in [3.8, 4) is 17.2 Å². The Morgan fingerprint density at radius 2 is 1.67 bits per heavy atom. The first-order valence-electron chi connectivity index (χ1n) is 10.5. The van der Waals surface area contributed by atoms with Crippen molar-refractivity contribution in [1.29, 1.82) is 0 Å². The molecule has 33 heavy (non-hydrogen) atoms. The summed E-state index contributed by atoms with van der Waals surface area (Å²) in [5, 5.41) is 6.65. The maximum absolute atomic E-state index is 11.9. The van der Waals surface area contributed by atoms with E-state index in [9.17, 15) is 4.79 Å². The van der Waals surface area contributed by atoms with Gasteiger partial charge in [-0.15, -0.1) is 6.58 Å². The van der Waals surface area contributed by atoms with Gasteiger partial charge in [0.2, 0.25) is 0 Å². The first-order chi connectivity index (χ1) is 16.2. The van der Waals surface area contributed by atoms with Crippen molar-refractivity contribution in [2.75, 3.05) is 25.6 Å². The van der Waals surface area contributed by atoms with Crippen molar-refractivity contribution < 1.29 is 19.0 Å². The molecule has 0 bridgehead atoms. The number of urea groups is 1. The standard InChI is InChI=1S/C26H27N3O4/c1-3-9-21-10-7-8-13-23(21)32-16-17-33-24-15-14-20(18-25(24)31-2)19-27-29-26(30)28-22-11-5-4-6-12-22/h3-8,10-15,18-19H,1,9,16-17H2,2H3,(H2,28,29,30). The fraction of sp³-hybridized carbons (Fsp3) is 0.154. The molecule has 0 spiro atoms. The highest BCUT2D eigenvalue weighted by atomic mass is 16.5. The van der Waals surface area contributed by atoms with E-state index in [1.165, 1.54) is 6.21 Å². The number of para-hydroxylation sites is 2. The summed E-state index contributed by atoms with van der Waals surface area (Å²) in [5.74, 6) is 1.97. The van der Waals surface area contributed by atoms with Crippen LogP contribution >= 0.6 is 0 Å². The normalized spacial score (nSPS) is 10.5. The average molecular weight is 446 g/mol. The first-order valence-corrected chi connectivity index (χ1v) is 10.5. The SMILES string of the molecule is C=CCc1ccccc1OCCOc1ccc(C=NNC(=O)Nc2ccccc2)cc1OC. The molecular formula is C26H27N3O4. The van der Waals surface area contributed by atoms with Crippen LogP contribution in [0.4, 0.5) is 10.5 Å². The lowest BCUT2D eigenvalue weighted by molar-refractivity contribution is 0.210. The Kier molecular flexibility index (Phi) is 8.91. The third-order valence-electron chi connectivity index (χ3n) is 4.53. The van der Waals surface area contributed by atoms with Crippen LogP contribution in [0.1, 0.15) is 11.1 Å². The average Bonchev–Trinajstić information content (AvgIpc) is 2.84. The highest BCUT2D eigenvalue weighted by Gasteiger charge is 2.07. The van der Waals surface area contributed by atoms with E-state index in [1.807, 2.05) is 54.6 Å². The third-order valence-corrected chi connectivity index (χ3v) is 4.53. The Bertz CT molecular complexity index is 1080. The summed E-state index contributed by atoms with van der Waals surface area (Å²) in [4.78, 5) is 11.9. The fourth-order valence-electron chi connectivity index (χ4n) is 3.00. The Morgan fingerprint density at radius 3 is 2.42 bits per heavy atom. The molecule has 0 saturated heterocycles. The van der Waals surface area contributed by atoms with Gasteiger partial charge in [0, 0.05) is 5.69 Å². The lowest BCUT2D eigenvalue weighted by Crippen LogP contribution is -2.24. The van der Waals surface area contributed by atoms with Gasteiger partial charge in [-0.1, -0.05) is 42.5 Å². The van der Waals surface area contributed by atoms with Crippen LogP contribution in [0.3, 0.4) is 0 Å². The monoisotopic (exact) mass is 445 g/mol. The van der Waals surface area contributed by atoms with E-state index >= 15 is 0 Å². The van der Waals surface area contributed by atoms with Crippen LogP contribution in [0.15, 0.2) is 90.6 Å². The van der Waals surface area contributed by atoms with E-state index < -0.39 is 6.03 Å². The Labute approximate surface area is 193 Å². The molecule has 0 aliphatic rings. The van der Waals surface area contributed by atoms with E-state index in [4.69, 9.17) is 14.2 Å². The van der Waals surface area contributed by atoms with Crippen LogP contribution in [0.2, 0.25) is 0 Å². The number of nitrogens with one attached hydrogen (secondary N) is 2. The van der Waals surface area contributed by atoms with Gasteiger partial charge in [0.25, 0.3) is 0 Å². The van der Waals surface area contributed by atoms with Gasteiger partial charge in [-0.2, -0.15) is 5.10 Å². The number of ether oxygens (including phenoxy) is 3. The first kappa shape index (κ1) is 23.4. The molecule has 0 aliphatic carbocycles. The topological polar surface area (TPSA) is 81.2 Å². The molecule has 3 aromatic rings. The number of carbonyl (C=O) groups is 1. The smallest absolute Gasteiger partial charge is 0.339 e. The predicted molar refractivity (Wildman–Crippen MR) is 131 cm³/mol. The minimum Gasteiger partial charge on any atom is -0.493 e. The van der Waals surface area contributed by atoms with Crippen molar-refractivity contribution in [3.63, 3.8) is 0 Å². The molecule has 2 N–H and O–H groups in total. The zero-order valence-corrected chi connectivity index (χ0v) is 18.5. The molecule has 0 heterocycles. The van der Waals surface area contributed by atoms with Gasteiger partial charge in [-0.3, -0.25) is 0 Å². The summed E-state index contributed by atoms with van der Waals surface area (Å²) in [6.07, 6.45) is 4.12. The number of amides is 2. The number of hydrogen-bond donors (Lipinski definition) is 2. The lowest BCUT2D eigenvalue weighted by Gasteiger charge is -2.13. The fourth-order valence-corrected chi connectivity index (χ4v) is 3.00. The number of hydrazone groups is 1. The van der Waals surface area contributed by atoms with Gasteiger partial charge in [-0.25, -0.2) is 10.2 Å². The zero-order valence-electron chi connectivity index (χ0n) is 18.5. The van der Waals surface area contributed by atoms with Crippen molar-refractivity contribution >= 4 is 17.9 Å². The van der Waals surface area contributed by atoms with Crippen molar-refractivity contribution in [3.05, 3.63) is 96.6 Å². The number of hydrogen-bond acceptors (Lipinski definition) is 5. The van der Waals surface area contributed by atoms with Crippen LogP contribution in [-0.4, -0.2) is 32.6 Å². The number of nitrogens with zero attached hydrogens (tertiary/aromatic N) is 1. The maximum atomic E-state index is 11.9. The molecular weight excluding hydrogens is 418 g/mol. The van der Waals surface area contributed by atoms with E-state index in [2.05, 4.69) is 22.4 Å². The van der Waals surface area contributed by atoms with E-state index in [0.717, 1.165) is 23.3 Å². The molecule has 7 heteroatoms. The summed E-state index contributed by atoms with van der Waals surface area (Å²) in [6.45, 7) is 4.52. The number of benzene rings is 3. The summed E-state index contributed by atoms with van der Waals surface area (Å²) in [5.41, 5.74) is 4.94. The van der Waals surface area contributed by atoms with Crippen LogP contribution in [0, 0.1) is 0 Å². The second-order valence-corrected chi connectivity index (χ2v) is 6.90. The number of methoxy groups -OCH3 is 1. The van der Waals surface area contributed by atoms with Crippen LogP contribution in [0.25, 0.3) is 0 Å². The Balaban J connectivity index is 1.49. The van der Waals surface area contributed by atoms with Crippen molar-refractivity contribution in [1.82, 2.24) is 5.43 Å². The van der Waals surface area contributed by atoms with E-state index in [0.29, 0.717) is 30.4 Å². The molecule has 0 aromatic heterocycles. The number of allylic oxidation sites excluding steroid dienone is 1. The molecule has 0 radical (unpaired) electrons. The van der Waals surface area contributed by atoms with Gasteiger partial charge in [0.05, 0.1) is 13.3 Å². The summed E-state index contributed by atoms with van der Waals surface area (Å²) in [6, 6.07) is 21.9. The zero-order chi connectivity index (χ0) is 23.3. The van der Waals surface area contributed by atoms with Gasteiger partial charge in [0.1, 0.15) is 19.0 Å². The molecule has 0 saturated carbocycles. The highest BCUT2D eigenvalue weighted by molar-refractivity contribution is 5.90. The molecule has 7 nitrogen and oxygen atoms in total. The molecule has 3 rings (SSSR count). The van der Waals surface area contributed by atoms with Crippen LogP contribution < -0.4 is 25.0 Å². The minimum atomic E-state index is -0.431. The minimum absolute atomic E-state index is 0.355. The predicted octanol–water partition coefficient (Wildman–Crippen LogP) is 5.04. The van der Waals surface area contributed by atoms with Crippen LogP contribution in [-0.2, 0) is 6.42 Å². The Hall–Kier alpha value is -4.26. The highest BCUT2D eigenvalue weighted by Crippen LogP contribution is 2.27. The molecule has 2 amide bonds. The largest absolute Gasteiger partial charge is 0.493 e. The van der Waals surface area contributed by atoms with Gasteiger partial charge >= 0.3 is 6.03 Å².